The van der Waals surface area contributed by atoms with Gasteiger partial charge in [0.05, 0.1) is 0 Å². The zero-order valence-electron chi connectivity index (χ0n) is 6.18. The van der Waals surface area contributed by atoms with Gasteiger partial charge in [0.25, 0.3) is 0 Å². The van der Waals surface area contributed by atoms with Crippen LogP contribution in [0.4, 0.5) is 0 Å². The van der Waals surface area contributed by atoms with Gasteiger partial charge in [-0.15, -0.1) is 0 Å². The summed E-state index contributed by atoms with van der Waals surface area (Å²) in [5, 5.41) is 0. The highest BCUT2D eigenvalue weighted by atomic mass is 16.3. The number of furan rings is 1. The number of hydrogen-bond acceptors (Lipinski definition) is 2. The molecule has 0 aliphatic carbocycles. The number of hydrogen-bond donors (Lipinski definition) is 0. The number of carbonyl (C=O) groups excluding carboxylic acids is 1. The first-order valence-electron chi connectivity index (χ1n) is 3.32. The van der Waals surface area contributed by atoms with E-state index in [2.05, 4.69) is 0 Å². The Morgan fingerprint density at radius 3 is 2.80 bits per heavy atom. The van der Waals surface area contributed by atoms with Crippen molar-refractivity contribution in [3.63, 3.8) is 0 Å². The molecule has 1 rings (SSSR count). The number of carbonyl (C=O) groups is 1. The average molecular weight is 138 g/mol. The normalized spacial score (nSPS) is 9.80. The van der Waals surface area contributed by atoms with Gasteiger partial charge in [-0.25, -0.2) is 0 Å². The van der Waals surface area contributed by atoms with Crippen LogP contribution in [-0.2, 0) is 6.42 Å². The fraction of sp³-hybridized carbons (Fsp3) is 0.375. The maximum absolute atomic E-state index is 10.3. The Kier molecular flexibility index (Phi) is 1.90. The minimum Gasteiger partial charge on any atom is -0.458 e. The first-order chi connectivity index (χ1) is 4.77. The molecule has 0 atom stereocenters. The summed E-state index contributed by atoms with van der Waals surface area (Å²) in [6.45, 7) is 3.84. The fourth-order valence-corrected chi connectivity index (χ4v) is 0.961. The molecule has 0 aliphatic heterocycles. The smallest absolute Gasteiger partial charge is 0.185 e. The Hall–Kier alpha value is -1.05. The summed E-state index contributed by atoms with van der Waals surface area (Å²) in [7, 11) is 0. The Balaban J connectivity index is 3.08. The lowest BCUT2D eigenvalue weighted by molar-refractivity contribution is 0.109. The second-order valence-electron chi connectivity index (χ2n) is 2.22. The highest BCUT2D eigenvalue weighted by Gasteiger charge is 2.04. The van der Waals surface area contributed by atoms with Crippen LogP contribution in [0.2, 0.25) is 0 Å². The topological polar surface area (TPSA) is 30.2 Å². The molecule has 0 aliphatic rings. The Morgan fingerprint density at radius 2 is 2.40 bits per heavy atom. The van der Waals surface area contributed by atoms with Gasteiger partial charge in [0.15, 0.2) is 12.0 Å². The standard InChI is InChI=1S/C8H10O2/c1-3-7-4-6(2)10-8(7)5-9/h4-5H,3H2,1-2H3. The van der Waals surface area contributed by atoms with Crippen molar-refractivity contribution in [3.05, 3.63) is 23.2 Å². The Morgan fingerprint density at radius 1 is 1.70 bits per heavy atom. The first-order valence-corrected chi connectivity index (χ1v) is 3.32. The van der Waals surface area contributed by atoms with Crippen molar-refractivity contribution >= 4 is 6.29 Å². The molecule has 10 heavy (non-hydrogen) atoms. The Bertz CT molecular complexity index is 235. The third-order valence-electron chi connectivity index (χ3n) is 1.45. The predicted molar refractivity (Wildman–Crippen MR) is 38.2 cm³/mol. The van der Waals surface area contributed by atoms with E-state index in [-0.39, 0.29) is 0 Å². The van der Waals surface area contributed by atoms with Gasteiger partial charge in [0.1, 0.15) is 5.76 Å². The van der Waals surface area contributed by atoms with Crippen LogP contribution >= 0.6 is 0 Å². The van der Waals surface area contributed by atoms with Crippen molar-refractivity contribution in [2.24, 2.45) is 0 Å². The van der Waals surface area contributed by atoms with Crippen LogP contribution in [-0.4, -0.2) is 6.29 Å². The maximum Gasteiger partial charge on any atom is 0.185 e. The van der Waals surface area contributed by atoms with E-state index in [0.29, 0.717) is 5.76 Å². The molecular formula is C8H10O2. The van der Waals surface area contributed by atoms with Gasteiger partial charge in [-0.1, -0.05) is 6.92 Å². The summed E-state index contributed by atoms with van der Waals surface area (Å²) in [6.07, 6.45) is 1.61. The van der Waals surface area contributed by atoms with Gasteiger partial charge in [-0.3, -0.25) is 4.79 Å². The van der Waals surface area contributed by atoms with Crippen LogP contribution in [0.3, 0.4) is 0 Å². The average Bonchev–Trinajstić information content (AvgIpc) is 2.30. The zero-order valence-corrected chi connectivity index (χ0v) is 6.18. The van der Waals surface area contributed by atoms with E-state index >= 15 is 0 Å². The van der Waals surface area contributed by atoms with Crippen molar-refractivity contribution in [2.45, 2.75) is 20.3 Å². The molecule has 0 unspecified atom stereocenters. The summed E-state index contributed by atoms with van der Waals surface area (Å²) in [5.74, 6) is 1.28. The predicted octanol–water partition coefficient (Wildman–Crippen LogP) is 1.96. The molecule has 0 saturated carbocycles. The summed E-state index contributed by atoms with van der Waals surface area (Å²) in [6, 6.07) is 1.89. The van der Waals surface area contributed by atoms with Gasteiger partial charge in [0, 0.05) is 5.56 Å². The molecule has 0 N–H and O–H groups in total. The van der Waals surface area contributed by atoms with Crippen LogP contribution in [0.25, 0.3) is 0 Å². The number of aryl methyl sites for hydroxylation is 2. The van der Waals surface area contributed by atoms with Gasteiger partial charge in [-0.05, 0) is 19.4 Å². The first kappa shape index (κ1) is 7.06. The third kappa shape index (κ3) is 1.10. The van der Waals surface area contributed by atoms with Crippen LogP contribution in [0.5, 0.6) is 0 Å². The third-order valence-corrected chi connectivity index (χ3v) is 1.45. The SMILES string of the molecule is CCc1cc(C)oc1C=O. The van der Waals surface area contributed by atoms with Crippen LogP contribution in [0.15, 0.2) is 10.5 Å². The molecule has 0 saturated heterocycles. The number of aldehydes is 1. The van der Waals surface area contributed by atoms with E-state index in [9.17, 15) is 4.79 Å². The van der Waals surface area contributed by atoms with E-state index in [0.717, 1.165) is 24.0 Å². The lowest BCUT2D eigenvalue weighted by Crippen LogP contribution is -1.81. The van der Waals surface area contributed by atoms with E-state index in [1.165, 1.54) is 0 Å². The van der Waals surface area contributed by atoms with E-state index in [4.69, 9.17) is 4.42 Å². The van der Waals surface area contributed by atoms with Gasteiger partial charge >= 0.3 is 0 Å². The summed E-state index contributed by atoms with van der Waals surface area (Å²) < 4.78 is 5.09. The molecule has 0 amide bonds. The minimum atomic E-state index is 0.472. The van der Waals surface area contributed by atoms with Crippen LogP contribution in [0.1, 0.15) is 28.8 Å². The molecule has 2 heteroatoms. The minimum absolute atomic E-state index is 0.472. The summed E-state index contributed by atoms with van der Waals surface area (Å²) in [5.41, 5.74) is 0.993. The second-order valence-corrected chi connectivity index (χ2v) is 2.22. The molecular weight excluding hydrogens is 128 g/mol. The lowest BCUT2D eigenvalue weighted by atomic mass is 10.2. The number of rotatable bonds is 2. The summed E-state index contributed by atoms with van der Waals surface area (Å²) in [4.78, 5) is 10.3. The molecule has 2 nitrogen and oxygen atoms in total. The van der Waals surface area contributed by atoms with E-state index < -0.39 is 0 Å². The highest BCUT2D eigenvalue weighted by Crippen LogP contribution is 2.12. The summed E-state index contributed by atoms with van der Waals surface area (Å²) >= 11 is 0. The van der Waals surface area contributed by atoms with Crippen LogP contribution < -0.4 is 0 Å². The van der Waals surface area contributed by atoms with Crippen molar-refractivity contribution in [2.75, 3.05) is 0 Å². The van der Waals surface area contributed by atoms with Gasteiger partial charge in [0.2, 0.25) is 0 Å². The Labute approximate surface area is 59.8 Å². The molecule has 0 fully saturated rings. The lowest BCUT2D eigenvalue weighted by Gasteiger charge is -1.85. The quantitative estimate of drug-likeness (QED) is 0.585. The maximum atomic E-state index is 10.3. The van der Waals surface area contributed by atoms with Crippen molar-refractivity contribution in [3.8, 4) is 0 Å². The molecule has 1 heterocycles. The van der Waals surface area contributed by atoms with Crippen molar-refractivity contribution < 1.29 is 9.21 Å². The van der Waals surface area contributed by atoms with Gasteiger partial charge < -0.3 is 4.42 Å². The monoisotopic (exact) mass is 138 g/mol. The molecule has 1 aromatic heterocycles. The van der Waals surface area contributed by atoms with Gasteiger partial charge in [-0.2, -0.15) is 0 Å². The van der Waals surface area contributed by atoms with Crippen molar-refractivity contribution in [1.29, 1.82) is 0 Å². The molecule has 0 spiro atoms. The fourth-order valence-electron chi connectivity index (χ4n) is 0.961. The molecule has 1 aromatic rings. The second kappa shape index (κ2) is 2.69. The van der Waals surface area contributed by atoms with Crippen molar-refractivity contribution in [1.82, 2.24) is 0 Å². The largest absolute Gasteiger partial charge is 0.458 e. The molecule has 54 valence electrons. The molecule has 0 bridgehead atoms. The molecule has 0 aromatic carbocycles. The highest BCUT2D eigenvalue weighted by molar-refractivity contribution is 5.73. The van der Waals surface area contributed by atoms with E-state index in [1.54, 1.807) is 0 Å². The molecule has 0 radical (unpaired) electrons. The van der Waals surface area contributed by atoms with E-state index in [1.807, 2.05) is 19.9 Å². The zero-order chi connectivity index (χ0) is 7.56. The van der Waals surface area contributed by atoms with Crippen LogP contribution in [0, 0.1) is 6.92 Å².